The number of allylic oxidation sites excluding steroid dienone is 3. The number of hydrogen-bond acceptors (Lipinski definition) is 9. The Balaban J connectivity index is 1.51. The van der Waals surface area contributed by atoms with Crippen molar-refractivity contribution in [3.05, 3.63) is 36.0 Å². The number of carbonyl (C=O) groups is 2. The third kappa shape index (κ3) is 4.36. The number of esters is 2. The lowest BCUT2D eigenvalue weighted by molar-refractivity contribution is -0.234. The van der Waals surface area contributed by atoms with Crippen LogP contribution in [0.4, 0.5) is 0 Å². The van der Waals surface area contributed by atoms with Crippen LogP contribution in [-0.2, 0) is 33.3 Å². The van der Waals surface area contributed by atoms with Crippen molar-refractivity contribution in [1.82, 2.24) is 0 Å². The summed E-state index contributed by atoms with van der Waals surface area (Å²) >= 11 is 0. The highest BCUT2D eigenvalue weighted by Crippen LogP contribution is 2.72. The largest absolute Gasteiger partial charge is 0.463 e. The quantitative estimate of drug-likeness (QED) is 0.298. The van der Waals surface area contributed by atoms with E-state index in [0.29, 0.717) is 25.9 Å². The van der Waals surface area contributed by atoms with E-state index in [1.807, 2.05) is 0 Å². The van der Waals surface area contributed by atoms with E-state index >= 15 is 0 Å². The third-order valence-electron chi connectivity index (χ3n) is 9.73. The van der Waals surface area contributed by atoms with Gasteiger partial charge in [-0.05, 0) is 39.0 Å². The molecule has 0 aromatic heterocycles. The van der Waals surface area contributed by atoms with Crippen LogP contribution in [0.25, 0.3) is 0 Å². The molecule has 0 amide bonds. The number of hydrogen-bond donors (Lipinski definition) is 2. The van der Waals surface area contributed by atoms with Gasteiger partial charge in [0.15, 0.2) is 6.10 Å². The minimum Gasteiger partial charge on any atom is -0.463 e. The molecule has 0 radical (unpaired) electrons. The first kappa shape index (κ1) is 27.5. The Kier molecular flexibility index (Phi) is 7.37. The molecule has 2 aliphatic carbocycles. The topological polar surface area (TPSA) is 124 Å². The van der Waals surface area contributed by atoms with Gasteiger partial charge in [0.05, 0.1) is 30.3 Å². The maximum absolute atomic E-state index is 13.1. The maximum atomic E-state index is 13.1. The molecule has 0 aromatic rings. The van der Waals surface area contributed by atoms with E-state index in [-0.39, 0.29) is 25.4 Å². The zero-order valence-corrected chi connectivity index (χ0v) is 22.6. The van der Waals surface area contributed by atoms with Crippen molar-refractivity contribution < 1.29 is 43.5 Å². The van der Waals surface area contributed by atoms with Gasteiger partial charge < -0.3 is 33.9 Å². The summed E-state index contributed by atoms with van der Waals surface area (Å²) in [5, 5.41) is 20.8. The van der Waals surface area contributed by atoms with Crippen molar-refractivity contribution in [2.45, 2.75) is 95.6 Å². The first-order chi connectivity index (χ1) is 18.0. The van der Waals surface area contributed by atoms with Crippen LogP contribution >= 0.6 is 0 Å². The van der Waals surface area contributed by atoms with E-state index in [9.17, 15) is 19.8 Å². The molecule has 1 saturated carbocycles. The van der Waals surface area contributed by atoms with E-state index in [1.54, 1.807) is 32.1 Å². The van der Waals surface area contributed by atoms with Crippen molar-refractivity contribution in [3.63, 3.8) is 0 Å². The predicted molar refractivity (Wildman–Crippen MR) is 136 cm³/mol. The van der Waals surface area contributed by atoms with E-state index in [1.165, 1.54) is 11.6 Å². The van der Waals surface area contributed by atoms with Crippen molar-refractivity contribution >= 4 is 11.9 Å². The van der Waals surface area contributed by atoms with Gasteiger partial charge >= 0.3 is 11.9 Å². The van der Waals surface area contributed by atoms with Crippen LogP contribution in [0.5, 0.6) is 0 Å². The van der Waals surface area contributed by atoms with Gasteiger partial charge in [-0.1, -0.05) is 43.7 Å². The van der Waals surface area contributed by atoms with Gasteiger partial charge in [-0.15, -0.1) is 0 Å². The summed E-state index contributed by atoms with van der Waals surface area (Å²) in [6.07, 6.45) is 6.89. The smallest absolute Gasteiger partial charge is 0.335 e. The molecule has 10 atom stereocenters. The van der Waals surface area contributed by atoms with E-state index in [0.717, 1.165) is 6.42 Å². The Morgan fingerprint density at radius 3 is 2.63 bits per heavy atom. The van der Waals surface area contributed by atoms with Crippen LogP contribution < -0.4 is 0 Å². The van der Waals surface area contributed by atoms with E-state index in [2.05, 4.69) is 19.9 Å². The highest BCUT2D eigenvalue weighted by Gasteiger charge is 2.83. The van der Waals surface area contributed by atoms with Crippen LogP contribution in [0.2, 0.25) is 0 Å². The highest BCUT2D eigenvalue weighted by atomic mass is 16.6. The molecule has 0 aromatic carbocycles. The fourth-order valence-corrected chi connectivity index (χ4v) is 7.04. The normalized spacial score (nSPS) is 48.0. The standard InChI is InChI=1S/C29H40O9/c1-17-9-11-28-15-35-26(33)25(32)18(2)10-12-34-20(19(3)30)7-5-6-8-24(31)38-21-14-23(37-22(28)13-17)29(16-36-29)27(21,28)4/h5-8,13,18-23,25,30,32H,9-12,14-16H2,1-4H3/b7-5+,8-6-/t18-,19+,20+,21-,22-,23-,25+,27-,28-,29+/m1/s1. The number of rotatable bonds is 1. The SMILES string of the molecule is CC1=C[C@H]2O[C@@H]3C[C@H]4OC(=O)/C=C\C=C\[C@@H]([C@H](C)O)OCC[C@@H](C)[C@H](O)C(=O)OC[C@@]2(CC1)[C@]4(C)[C@]31CO1. The summed E-state index contributed by atoms with van der Waals surface area (Å²) in [4.78, 5) is 26.0. The average Bonchev–Trinajstić information content (AvgIpc) is 3.65. The summed E-state index contributed by atoms with van der Waals surface area (Å²) in [6, 6.07) is 0. The third-order valence-corrected chi connectivity index (χ3v) is 9.73. The summed E-state index contributed by atoms with van der Waals surface area (Å²) in [7, 11) is 0. The minimum atomic E-state index is -1.33. The molecule has 5 aliphatic rings. The van der Waals surface area contributed by atoms with Crippen molar-refractivity contribution in [2.75, 3.05) is 19.8 Å². The number of carbonyl (C=O) groups excluding carboxylic acids is 2. The van der Waals surface area contributed by atoms with Gasteiger partial charge in [0, 0.05) is 24.5 Å². The molecule has 210 valence electrons. The Hall–Kier alpha value is -2.04. The van der Waals surface area contributed by atoms with Gasteiger partial charge in [-0.2, -0.15) is 0 Å². The van der Waals surface area contributed by atoms with Crippen molar-refractivity contribution in [3.8, 4) is 0 Å². The molecule has 2 saturated heterocycles. The second-order valence-electron chi connectivity index (χ2n) is 11.9. The zero-order chi connectivity index (χ0) is 27.3. The summed E-state index contributed by atoms with van der Waals surface area (Å²) in [5.74, 6) is -1.60. The zero-order valence-electron chi connectivity index (χ0n) is 22.6. The Morgan fingerprint density at radius 2 is 1.92 bits per heavy atom. The number of aliphatic hydroxyl groups is 2. The molecule has 5 rings (SSSR count). The molecular weight excluding hydrogens is 492 g/mol. The van der Waals surface area contributed by atoms with Gasteiger partial charge in [-0.25, -0.2) is 9.59 Å². The maximum Gasteiger partial charge on any atom is 0.335 e. The first-order valence-corrected chi connectivity index (χ1v) is 13.7. The Bertz CT molecular complexity index is 1030. The minimum absolute atomic E-state index is 0.0195. The first-order valence-electron chi connectivity index (χ1n) is 13.7. The number of aliphatic hydroxyl groups excluding tert-OH is 2. The van der Waals surface area contributed by atoms with Crippen LogP contribution in [0.3, 0.4) is 0 Å². The number of ether oxygens (including phenoxy) is 5. The molecule has 9 nitrogen and oxygen atoms in total. The molecule has 2 spiro atoms. The molecular formula is C29H40O9. The van der Waals surface area contributed by atoms with Gasteiger partial charge in [0.1, 0.15) is 24.4 Å². The molecule has 38 heavy (non-hydrogen) atoms. The molecule has 0 unspecified atom stereocenters. The summed E-state index contributed by atoms with van der Waals surface area (Å²) in [6.45, 7) is 8.27. The Labute approximate surface area is 223 Å². The second kappa shape index (κ2) is 10.2. The molecule has 2 bridgehead atoms. The lowest BCUT2D eigenvalue weighted by atomic mass is 9.51. The van der Waals surface area contributed by atoms with Crippen molar-refractivity contribution in [2.24, 2.45) is 16.7 Å². The second-order valence-corrected chi connectivity index (χ2v) is 11.9. The summed E-state index contributed by atoms with van der Waals surface area (Å²) in [5.41, 5.74) is -0.771. The van der Waals surface area contributed by atoms with Crippen LogP contribution in [-0.4, -0.2) is 84.2 Å². The van der Waals surface area contributed by atoms with Crippen LogP contribution in [0.15, 0.2) is 36.0 Å². The molecule has 2 N–H and O–H groups in total. The highest BCUT2D eigenvalue weighted by molar-refractivity contribution is 5.82. The van der Waals surface area contributed by atoms with E-state index < -0.39 is 58.7 Å². The average molecular weight is 533 g/mol. The monoisotopic (exact) mass is 532 g/mol. The van der Waals surface area contributed by atoms with Crippen LogP contribution in [0.1, 0.15) is 53.4 Å². The summed E-state index contributed by atoms with van der Waals surface area (Å²) < 4.78 is 30.4. The predicted octanol–water partition coefficient (Wildman–Crippen LogP) is 2.39. The molecule has 3 heterocycles. The Morgan fingerprint density at radius 1 is 1.16 bits per heavy atom. The number of cyclic esters (lactones) is 1. The lowest BCUT2D eigenvalue weighted by Crippen LogP contribution is -2.66. The van der Waals surface area contributed by atoms with Gasteiger partial charge in [0.2, 0.25) is 0 Å². The molecule has 3 aliphatic heterocycles. The van der Waals surface area contributed by atoms with E-state index in [4.69, 9.17) is 23.7 Å². The molecule has 9 heteroatoms. The lowest BCUT2D eigenvalue weighted by Gasteiger charge is -2.58. The van der Waals surface area contributed by atoms with Crippen LogP contribution in [0, 0.1) is 16.7 Å². The van der Waals surface area contributed by atoms with Gasteiger partial charge in [-0.3, -0.25) is 0 Å². The fourth-order valence-electron chi connectivity index (χ4n) is 7.04. The number of epoxide rings is 1. The molecule has 3 fully saturated rings. The van der Waals surface area contributed by atoms with Crippen molar-refractivity contribution in [1.29, 1.82) is 0 Å². The van der Waals surface area contributed by atoms with Gasteiger partial charge in [0.25, 0.3) is 0 Å². The fraction of sp³-hybridized carbons (Fsp3) is 0.724.